The molecule has 0 N–H and O–H groups in total. The molecule has 2 aromatic heterocycles. The standard InChI is InChI=1S/C18H23N5O2/c1-22-12-20-21-16(22)14-10-23(11-18(14)7-3-4-8-18)17(24)13-5-6-15(25-2)19-9-13/h5-6,9,12,14H,3-4,7-8,10-11H2,1-2H3. The summed E-state index contributed by atoms with van der Waals surface area (Å²) in [5, 5.41) is 8.41. The summed E-state index contributed by atoms with van der Waals surface area (Å²) >= 11 is 0. The van der Waals surface area contributed by atoms with Crippen molar-refractivity contribution < 1.29 is 9.53 Å². The molecule has 0 radical (unpaired) electrons. The van der Waals surface area contributed by atoms with Gasteiger partial charge in [-0.05, 0) is 24.3 Å². The number of rotatable bonds is 3. The maximum Gasteiger partial charge on any atom is 0.255 e. The summed E-state index contributed by atoms with van der Waals surface area (Å²) in [6, 6.07) is 3.51. The summed E-state index contributed by atoms with van der Waals surface area (Å²) in [5.41, 5.74) is 0.739. The summed E-state index contributed by atoms with van der Waals surface area (Å²) in [6.07, 6.45) is 8.08. The van der Waals surface area contributed by atoms with Crippen molar-refractivity contribution in [3.05, 3.63) is 36.0 Å². The van der Waals surface area contributed by atoms with Gasteiger partial charge in [0.15, 0.2) is 0 Å². The highest BCUT2D eigenvalue weighted by atomic mass is 16.5. The first-order valence-electron chi connectivity index (χ1n) is 8.76. The number of likely N-dealkylation sites (tertiary alicyclic amines) is 1. The van der Waals surface area contributed by atoms with E-state index >= 15 is 0 Å². The predicted molar refractivity (Wildman–Crippen MR) is 91.3 cm³/mol. The number of amides is 1. The highest BCUT2D eigenvalue weighted by Gasteiger charge is 2.51. The number of aryl methyl sites for hydroxylation is 1. The normalized spacial score (nSPS) is 21.8. The third-order valence-electron chi connectivity index (χ3n) is 5.78. The zero-order chi connectivity index (χ0) is 17.4. The SMILES string of the molecule is COc1ccc(C(=O)N2CC(c3nncn3C)C3(CCCC3)C2)cn1. The maximum atomic E-state index is 13.0. The molecular formula is C18H23N5O2. The van der Waals surface area contributed by atoms with Crippen LogP contribution in [0.5, 0.6) is 5.88 Å². The van der Waals surface area contributed by atoms with E-state index in [0.29, 0.717) is 18.0 Å². The molecular weight excluding hydrogens is 318 g/mol. The quantitative estimate of drug-likeness (QED) is 0.854. The minimum Gasteiger partial charge on any atom is -0.481 e. The monoisotopic (exact) mass is 341 g/mol. The lowest BCUT2D eigenvalue weighted by atomic mass is 9.76. The average molecular weight is 341 g/mol. The van der Waals surface area contributed by atoms with Crippen LogP contribution >= 0.6 is 0 Å². The fourth-order valence-corrected chi connectivity index (χ4v) is 4.48. The summed E-state index contributed by atoms with van der Waals surface area (Å²) in [7, 11) is 3.55. The molecule has 1 unspecified atom stereocenters. The van der Waals surface area contributed by atoms with E-state index in [0.717, 1.165) is 25.2 Å². The largest absolute Gasteiger partial charge is 0.481 e. The molecule has 7 heteroatoms. The van der Waals surface area contributed by atoms with Crippen LogP contribution in [0.1, 0.15) is 47.8 Å². The van der Waals surface area contributed by atoms with E-state index in [1.54, 1.807) is 31.8 Å². The van der Waals surface area contributed by atoms with E-state index < -0.39 is 0 Å². The highest BCUT2D eigenvalue weighted by molar-refractivity contribution is 5.94. The van der Waals surface area contributed by atoms with Crippen molar-refractivity contribution >= 4 is 5.91 Å². The van der Waals surface area contributed by atoms with Gasteiger partial charge in [-0.3, -0.25) is 4.79 Å². The molecule has 2 fully saturated rings. The number of nitrogens with zero attached hydrogens (tertiary/aromatic N) is 5. The Balaban J connectivity index is 1.61. The molecule has 132 valence electrons. The lowest BCUT2D eigenvalue weighted by molar-refractivity contribution is 0.0772. The fourth-order valence-electron chi connectivity index (χ4n) is 4.48. The first-order valence-corrected chi connectivity index (χ1v) is 8.76. The number of carbonyl (C=O) groups excluding carboxylic acids is 1. The van der Waals surface area contributed by atoms with Gasteiger partial charge in [0.05, 0.1) is 12.7 Å². The molecule has 2 aromatic rings. The molecule has 25 heavy (non-hydrogen) atoms. The van der Waals surface area contributed by atoms with Crippen LogP contribution in [0.3, 0.4) is 0 Å². The molecule has 3 heterocycles. The van der Waals surface area contributed by atoms with Crippen molar-refractivity contribution in [2.45, 2.75) is 31.6 Å². The summed E-state index contributed by atoms with van der Waals surface area (Å²) < 4.78 is 7.07. The van der Waals surface area contributed by atoms with Gasteiger partial charge in [-0.25, -0.2) is 4.98 Å². The van der Waals surface area contributed by atoms with Gasteiger partial charge in [-0.15, -0.1) is 10.2 Å². The Morgan fingerprint density at radius 2 is 2.12 bits per heavy atom. The third-order valence-corrected chi connectivity index (χ3v) is 5.78. The molecule has 1 aliphatic heterocycles. The van der Waals surface area contributed by atoms with Crippen molar-refractivity contribution in [1.82, 2.24) is 24.6 Å². The van der Waals surface area contributed by atoms with Gasteiger partial charge in [-0.1, -0.05) is 12.8 Å². The molecule has 1 amide bonds. The lowest BCUT2D eigenvalue weighted by Crippen LogP contribution is -2.31. The van der Waals surface area contributed by atoms with E-state index in [-0.39, 0.29) is 17.2 Å². The van der Waals surface area contributed by atoms with Crippen LogP contribution in [0.2, 0.25) is 0 Å². The van der Waals surface area contributed by atoms with Crippen molar-refractivity contribution in [1.29, 1.82) is 0 Å². The van der Waals surface area contributed by atoms with E-state index in [4.69, 9.17) is 4.74 Å². The predicted octanol–water partition coefficient (Wildman–Crippen LogP) is 2.02. The van der Waals surface area contributed by atoms with E-state index in [2.05, 4.69) is 15.2 Å². The third kappa shape index (κ3) is 2.67. The molecule has 4 rings (SSSR count). The van der Waals surface area contributed by atoms with Gasteiger partial charge in [-0.2, -0.15) is 0 Å². The molecule has 7 nitrogen and oxygen atoms in total. The van der Waals surface area contributed by atoms with Crippen LogP contribution < -0.4 is 4.74 Å². The zero-order valence-corrected chi connectivity index (χ0v) is 14.7. The van der Waals surface area contributed by atoms with Crippen molar-refractivity contribution in [2.24, 2.45) is 12.5 Å². The smallest absolute Gasteiger partial charge is 0.255 e. The molecule has 0 bridgehead atoms. The van der Waals surface area contributed by atoms with Crippen LogP contribution in [0.25, 0.3) is 0 Å². The van der Waals surface area contributed by atoms with Crippen LogP contribution in [0.15, 0.2) is 24.7 Å². The summed E-state index contributed by atoms with van der Waals surface area (Å²) in [4.78, 5) is 19.1. The minimum atomic E-state index is 0.0334. The summed E-state index contributed by atoms with van der Waals surface area (Å²) in [6.45, 7) is 1.48. The number of hydrogen-bond donors (Lipinski definition) is 0. The topological polar surface area (TPSA) is 73.1 Å². The molecule has 0 aromatic carbocycles. The molecule has 1 spiro atoms. The van der Waals surface area contributed by atoms with Crippen LogP contribution in [-0.4, -0.2) is 50.8 Å². The average Bonchev–Trinajstić information content (AvgIpc) is 3.36. The van der Waals surface area contributed by atoms with Crippen LogP contribution in [-0.2, 0) is 7.05 Å². The maximum absolute atomic E-state index is 13.0. The number of hydrogen-bond acceptors (Lipinski definition) is 5. The number of carbonyl (C=O) groups is 1. The Labute approximate surface area is 147 Å². The minimum absolute atomic E-state index is 0.0334. The first kappa shape index (κ1) is 16.1. The van der Waals surface area contributed by atoms with Gasteiger partial charge in [0, 0.05) is 38.3 Å². The number of pyridine rings is 1. The Hall–Kier alpha value is -2.44. The lowest BCUT2D eigenvalue weighted by Gasteiger charge is -2.28. The summed E-state index contributed by atoms with van der Waals surface area (Å²) in [5.74, 6) is 1.79. The molecule has 2 aliphatic rings. The van der Waals surface area contributed by atoms with Crippen LogP contribution in [0.4, 0.5) is 0 Å². The highest BCUT2D eigenvalue weighted by Crippen LogP contribution is 2.53. The van der Waals surface area contributed by atoms with E-state index in [9.17, 15) is 4.79 Å². The van der Waals surface area contributed by atoms with Crippen molar-refractivity contribution in [2.75, 3.05) is 20.2 Å². The van der Waals surface area contributed by atoms with E-state index in [1.165, 1.54) is 12.8 Å². The molecule has 1 saturated heterocycles. The number of ether oxygens (including phenoxy) is 1. The van der Waals surface area contributed by atoms with Crippen molar-refractivity contribution in [3.63, 3.8) is 0 Å². The van der Waals surface area contributed by atoms with Gasteiger partial charge < -0.3 is 14.2 Å². The second-order valence-corrected chi connectivity index (χ2v) is 7.20. The van der Waals surface area contributed by atoms with E-state index in [1.807, 2.05) is 16.5 Å². The Kier molecular flexibility index (Phi) is 3.94. The van der Waals surface area contributed by atoms with Gasteiger partial charge in [0.2, 0.25) is 5.88 Å². The Morgan fingerprint density at radius 1 is 1.32 bits per heavy atom. The Morgan fingerprint density at radius 3 is 2.72 bits per heavy atom. The van der Waals surface area contributed by atoms with Crippen LogP contribution in [0, 0.1) is 5.41 Å². The molecule has 1 saturated carbocycles. The second-order valence-electron chi connectivity index (χ2n) is 7.20. The zero-order valence-electron chi connectivity index (χ0n) is 14.7. The van der Waals surface area contributed by atoms with Gasteiger partial charge in [0.25, 0.3) is 5.91 Å². The number of aromatic nitrogens is 4. The second kappa shape index (κ2) is 6.13. The molecule has 1 atom stereocenters. The van der Waals surface area contributed by atoms with Crippen molar-refractivity contribution in [3.8, 4) is 5.88 Å². The first-order chi connectivity index (χ1) is 12.1. The van der Waals surface area contributed by atoms with Gasteiger partial charge >= 0.3 is 0 Å². The van der Waals surface area contributed by atoms with Gasteiger partial charge in [0.1, 0.15) is 12.2 Å². The fraction of sp³-hybridized carbons (Fsp3) is 0.556. The molecule has 1 aliphatic carbocycles. The number of methoxy groups -OCH3 is 1. The Bertz CT molecular complexity index is 764.